The van der Waals surface area contributed by atoms with Gasteiger partial charge in [0.15, 0.2) is 5.78 Å². The Morgan fingerprint density at radius 1 is 1.21 bits per heavy atom. The molecule has 0 atom stereocenters. The number of ether oxygens (including phenoxy) is 1. The average Bonchev–Trinajstić information content (AvgIpc) is 2.41. The number of nitrogens with zero attached hydrogens (tertiary/aromatic N) is 2. The van der Waals surface area contributed by atoms with E-state index >= 15 is 0 Å². The van der Waals surface area contributed by atoms with Crippen molar-refractivity contribution in [2.24, 2.45) is 0 Å². The fourth-order valence-electron chi connectivity index (χ4n) is 1.88. The lowest BCUT2D eigenvalue weighted by Crippen LogP contribution is -2.07. The zero-order chi connectivity index (χ0) is 13.8. The standard InChI is InChI=1S/C15H16N2O2/c1-10-4-5-11(2)13(6-10)14(18)7-12-8-15(19-3)17-9-16-12/h4-6,8-9H,7H2,1-3H3. The van der Waals surface area contributed by atoms with Gasteiger partial charge in [0.2, 0.25) is 5.88 Å². The molecule has 2 aromatic rings. The van der Waals surface area contributed by atoms with E-state index < -0.39 is 0 Å². The molecule has 98 valence electrons. The summed E-state index contributed by atoms with van der Waals surface area (Å²) in [4.78, 5) is 20.3. The average molecular weight is 256 g/mol. The molecule has 1 aromatic carbocycles. The number of carbonyl (C=O) groups excluding carboxylic acids is 1. The van der Waals surface area contributed by atoms with Crippen LogP contribution in [0.3, 0.4) is 0 Å². The smallest absolute Gasteiger partial charge is 0.216 e. The Morgan fingerprint density at radius 3 is 2.74 bits per heavy atom. The van der Waals surface area contributed by atoms with Crippen molar-refractivity contribution in [1.29, 1.82) is 0 Å². The Hall–Kier alpha value is -2.23. The van der Waals surface area contributed by atoms with Gasteiger partial charge in [-0.2, -0.15) is 0 Å². The van der Waals surface area contributed by atoms with Crippen LogP contribution in [0.4, 0.5) is 0 Å². The third-order valence-electron chi connectivity index (χ3n) is 2.94. The molecular formula is C15H16N2O2. The number of carbonyl (C=O) groups is 1. The molecule has 0 amide bonds. The number of hydrogen-bond donors (Lipinski definition) is 0. The van der Waals surface area contributed by atoms with Gasteiger partial charge in [-0.25, -0.2) is 9.97 Å². The number of hydrogen-bond acceptors (Lipinski definition) is 4. The monoisotopic (exact) mass is 256 g/mol. The molecule has 4 nitrogen and oxygen atoms in total. The van der Waals surface area contributed by atoms with Crippen LogP contribution in [0.5, 0.6) is 5.88 Å². The molecule has 19 heavy (non-hydrogen) atoms. The molecule has 4 heteroatoms. The predicted octanol–water partition coefficient (Wildman–Crippen LogP) is 2.53. The maximum Gasteiger partial charge on any atom is 0.216 e. The van der Waals surface area contributed by atoms with Crippen molar-refractivity contribution in [2.75, 3.05) is 7.11 Å². The zero-order valence-electron chi connectivity index (χ0n) is 11.3. The summed E-state index contributed by atoms with van der Waals surface area (Å²) < 4.78 is 5.02. The van der Waals surface area contributed by atoms with Crippen molar-refractivity contribution >= 4 is 5.78 Å². The van der Waals surface area contributed by atoms with Gasteiger partial charge in [-0.05, 0) is 25.5 Å². The minimum atomic E-state index is 0.0574. The van der Waals surface area contributed by atoms with Crippen LogP contribution in [0.25, 0.3) is 0 Å². The van der Waals surface area contributed by atoms with Crippen molar-refractivity contribution in [3.63, 3.8) is 0 Å². The highest BCUT2D eigenvalue weighted by Crippen LogP contribution is 2.14. The second-order valence-corrected chi connectivity index (χ2v) is 4.47. The van der Waals surface area contributed by atoms with Crippen molar-refractivity contribution in [1.82, 2.24) is 9.97 Å². The quantitative estimate of drug-likeness (QED) is 0.789. The number of aryl methyl sites for hydroxylation is 2. The SMILES string of the molecule is COc1cc(CC(=O)c2cc(C)ccc2C)ncn1. The number of methoxy groups -OCH3 is 1. The highest BCUT2D eigenvalue weighted by atomic mass is 16.5. The molecule has 0 saturated carbocycles. The Labute approximate surface area is 112 Å². The van der Waals surface area contributed by atoms with E-state index in [9.17, 15) is 4.79 Å². The van der Waals surface area contributed by atoms with E-state index in [-0.39, 0.29) is 12.2 Å². The highest BCUT2D eigenvalue weighted by Gasteiger charge is 2.11. The minimum Gasteiger partial charge on any atom is -0.481 e. The van der Waals surface area contributed by atoms with Gasteiger partial charge in [0.05, 0.1) is 19.2 Å². The van der Waals surface area contributed by atoms with Gasteiger partial charge in [-0.1, -0.05) is 17.7 Å². The van der Waals surface area contributed by atoms with Crippen LogP contribution >= 0.6 is 0 Å². The van der Waals surface area contributed by atoms with E-state index in [0.29, 0.717) is 11.6 Å². The van der Waals surface area contributed by atoms with Crippen molar-refractivity contribution in [2.45, 2.75) is 20.3 Å². The first-order chi connectivity index (χ1) is 9.10. The Morgan fingerprint density at radius 2 is 2.00 bits per heavy atom. The number of ketones is 1. The first-order valence-electron chi connectivity index (χ1n) is 6.05. The molecule has 0 bridgehead atoms. The van der Waals surface area contributed by atoms with Gasteiger partial charge >= 0.3 is 0 Å². The Balaban J connectivity index is 2.23. The molecule has 0 aliphatic heterocycles. The van der Waals surface area contributed by atoms with Crippen LogP contribution in [0.1, 0.15) is 27.2 Å². The van der Waals surface area contributed by atoms with Crippen molar-refractivity contribution < 1.29 is 9.53 Å². The van der Waals surface area contributed by atoms with Gasteiger partial charge < -0.3 is 4.74 Å². The number of Topliss-reactive ketones (excluding diaryl/α,β-unsaturated/α-hetero) is 1. The predicted molar refractivity (Wildman–Crippen MR) is 72.5 cm³/mol. The summed E-state index contributed by atoms with van der Waals surface area (Å²) in [7, 11) is 1.54. The first-order valence-corrected chi connectivity index (χ1v) is 6.05. The second kappa shape index (κ2) is 5.61. The maximum absolute atomic E-state index is 12.3. The molecule has 0 aliphatic carbocycles. The summed E-state index contributed by atoms with van der Waals surface area (Å²) in [6.45, 7) is 3.91. The molecule has 0 fully saturated rings. The molecule has 0 N–H and O–H groups in total. The van der Waals surface area contributed by atoms with Gasteiger partial charge in [0.25, 0.3) is 0 Å². The Kier molecular flexibility index (Phi) is 3.90. The van der Waals surface area contributed by atoms with Crippen LogP contribution in [-0.4, -0.2) is 22.9 Å². The molecule has 1 aromatic heterocycles. The van der Waals surface area contributed by atoms with Crippen molar-refractivity contribution in [3.05, 3.63) is 53.0 Å². The summed E-state index contributed by atoms with van der Waals surface area (Å²) in [5, 5.41) is 0. The normalized spacial score (nSPS) is 10.3. The molecule has 2 rings (SSSR count). The lowest BCUT2D eigenvalue weighted by atomic mass is 9.99. The zero-order valence-corrected chi connectivity index (χ0v) is 11.3. The van der Waals surface area contributed by atoms with Crippen molar-refractivity contribution in [3.8, 4) is 5.88 Å². The summed E-state index contributed by atoms with van der Waals surface area (Å²) in [6.07, 6.45) is 1.66. The van der Waals surface area contributed by atoms with E-state index in [4.69, 9.17) is 4.74 Å². The first kappa shape index (κ1) is 13.2. The summed E-state index contributed by atoms with van der Waals surface area (Å²) in [6, 6.07) is 7.56. The van der Waals surface area contributed by atoms with Crippen LogP contribution in [0.15, 0.2) is 30.6 Å². The van der Waals surface area contributed by atoms with E-state index in [1.54, 1.807) is 13.2 Å². The molecule has 0 spiro atoms. The second-order valence-electron chi connectivity index (χ2n) is 4.47. The number of aromatic nitrogens is 2. The topological polar surface area (TPSA) is 52.1 Å². The molecule has 1 heterocycles. The van der Waals surface area contributed by atoms with Gasteiger partial charge in [-0.15, -0.1) is 0 Å². The van der Waals surface area contributed by atoms with Crippen LogP contribution in [0.2, 0.25) is 0 Å². The third-order valence-corrected chi connectivity index (χ3v) is 2.94. The lowest BCUT2D eigenvalue weighted by molar-refractivity contribution is 0.0991. The fourth-order valence-corrected chi connectivity index (χ4v) is 1.88. The van der Waals surface area contributed by atoms with Gasteiger partial charge in [-0.3, -0.25) is 4.79 Å². The fraction of sp³-hybridized carbons (Fsp3) is 0.267. The van der Waals surface area contributed by atoms with Crippen LogP contribution in [-0.2, 0) is 6.42 Å². The van der Waals surface area contributed by atoms with Crippen LogP contribution < -0.4 is 4.74 Å². The molecule has 0 aliphatic rings. The third kappa shape index (κ3) is 3.16. The number of benzene rings is 1. The lowest BCUT2D eigenvalue weighted by Gasteiger charge is -2.06. The Bertz CT molecular complexity index is 609. The molecular weight excluding hydrogens is 240 g/mol. The van der Waals surface area contributed by atoms with E-state index in [1.807, 2.05) is 32.0 Å². The van der Waals surface area contributed by atoms with E-state index in [2.05, 4.69) is 9.97 Å². The summed E-state index contributed by atoms with van der Waals surface area (Å²) in [5.74, 6) is 0.528. The minimum absolute atomic E-state index is 0.0574. The number of rotatable bonds is 4. The maximum atomic E-state index is 12.3. The van der Waals surface area contributed by atoms with Gasteiger partial charge in [0.1, 0.15) is 6.33 Å². The van der Waals surface area contributed by atoms with Crippen LogP contribution in [0, 0.1) is 13.8 Å². The molecule has 0 saturated heterocycles. The van der Waals surface area contributed by atoms with E-state index in [1.165, 1.54) is 6.33 Å². The van der Waals surface area contributed by atoms with Gasteiger partial charge in [0, 0.05) is 11.6 Å². The van der Waals surface area contributed by atoms with E-state index in [0.717, 1.165) is 16.7 Å². The summed E-state index contributed by atoms with van der Waals surface area (Å²) in [5.41, 5.74) is 3.47. The molecule has 0 unspecified atom stereocenters. The highest BCUT2D eigenvalue weighted by molar-refractivity contribution is 5.98. The molecule has 0 radical (unpaired) electrons. The summed E-state index contributed by atoms with van der Waals surface area (Å²) >= 11 is 0. The largest absolute Gasteiger partial charge is 0.481 e.